The van der Waals surface area contributed by atoms with E-state index in [9.17, 15) is 0 Å². The molecule has 0 spiro atoms. The van der Waals surface area contributed by atoms with E-state index in [2.05, 4.69) is 136 Å². The second-order valence-corrected chi connectivity index (χ2v) is 26.6. The number of ether oxygens (including phenoxy) is 1. The second kappa shape index (κ2) is 21.4. The van der Waals surface area contributed by atoms with E-state index in [1.165, 1.54) is 64.2 Å². The Morgan fingerprint density at radius 2 is 0.957 bits per heavy atom. The van der Waals surface area contributed by atoms with Crippen LogP contribution < -0.4 is 0 Å². The maximum absolute atomic E-state index is 9.12. The third-order valence-electron chi connectivity index (χ3n) is 22.2. The summed E-state index contributed by atoms with van der Waals surface area (Å²) < 4.78 is 4.58. The monoisotopic (exact) mass is 971 g/mol. The van der Waals surface area contributed by atoms with Crippen molar-refractivity contribution in [1.82, 2.24) is 0 Å². The maximum atomic E-state index is 9.12. The van der Waals surface area contributed by atoms with Crippen LogP contribution in [-0.4, -0.2) is 75.1 Å². The number of hydrogen-bond donors (Lipinski definition) is 5. The van der Waals surface area contributed by atoms with Crippen LogP contribution >= 0.6 is 0 Å². The molecule has 9 aliphatic rings. The molecule has 0 bridgehead atoms. The van der Waals surface area contributed by atoms with Crippen molar-refractivity contribution in [2.45, 2.75) is 216 Å². The summed E-state index contributed by atoms with van der Waals surface area (Å²) >= 11 is 0. The Labute approximate surface area is 424 Å². The van der Waals surface area contributed by atoms with Gasteiger partial charge in [0.1, 0.15) is 24.4 Å². The SMILES string of the molecule is CC(C)[C@@H](C)/C=C/[C@@H](C)[C@H]1CCC2C3=CC=C4C[C@@H](OO[C@H]5CC[C@@]6(C)C(=CC=C7C6CC[C@@]6(C)C7CC[C@@H]6[C@H](C)/C=C/[C@H](C)C(C)C)C5)CC[C@]4(C)C3CC[C@@]21C.OC[C@H]1OC(O)[C@H](O)[C@@H](O)[C@@H]1O. The van der Waals surface area contributed by atoms with Crippen LogP contribution in [0.1, 0.15) is 173 Å². The minimum Gasteiger partial charge on any atom is -0.394 e. The first-order valence-electron chi connectivity index (χ1n) is 28.6. The Morgan fingerprint density at radius 3 is 1.36 bits per heavy atom. The summed E-state index contributed by atoms with van der Waals surface area (Å²) in [6, 6.07) is 0. The number of aliphatic hydroxyl groups excluding tert-OH is 5. The molecule has 5 unspecified atom stereocenters. The van der Waals surface area contributed by atoms with Gasteiger partial charge in [0.05, 0.1) is 18.8 Å². The van der Waals surface area contributed by atoms with E-state index in [0.717, 1.165) is 49.4 Å². The largest absolute Gasteiger partial charge is 0.394 e. The van der Waals surface area contributed by atoms with Crippen molar-refractivity contribution >= 4 is 0 Å². The fourth-order valence-corrected chi connectivity index (χ4v) is 16.6. The van der Waals surface area contributed by atoms with Crippen LogP contribution in [0.4, 0.5) is 0 Å². The van der Waals surface area contributed by atoms with Gasteiger partial charge in [0.25, 0.3) is 0 Å². The molecule has 1 aliphatic heterocycles. The molecule has 0 aromatic rings. The molecular formula is C62H98O8. The highest BCUT2D eigenvalue weighted by atomic mass is 17.2. The van der Waals surface area contributed by atoms with Gasteiger partial charge in [-0.05, 0) is 183 Å². The highest BCUT2D eigenvalue weighted by Crippen LogP contribution is 2.68. The Hall–Kier alpha value is -1.88. The summed E-state index contributed by atoms with van der Waals surface area (Å²) in [5.41, 5.74) is 8.31. The quantitative estimate of drug-likeness (QED) is 0.0743. The molecule has 1 saturated heterocycles. The van der Waals surface area contributed by atoms with E-state index in [1.54, 1.807) is 11.1 Å². The molecule has 9 rings (SSSR count). The third-order valence-corrected chi connectivity index (χ3v) is 22.2. The number of rotatable bonds is 12. The Kier molecular flexibility index (Phi) is 16.6. The van der Waals surface area contributed by atoms with Crippen molar-refractivity contribution in [3.63, 3.8) is 0 Å². The van der Waals surface area contributed by atoms with Crippen molar-refractivity contribution in [2.75, 3.05) is 6.61 Å². The van der Waals surface area contributed by atoms with Gasteiger partial charge in [-0.25, -0.2) is 9.78 Å². The molecule has 394 valence electrons. The van der Waals surface area contributed by atoms with Crippen molar-refractivity contribution in [1.29, 1.82) is 0 Å². The predicted octanol–water partition coefficient (Wildman–Crippen LogP) is 12.4. The van der Waals surface area contributed by atoms with Crippen LogP contribution in [-0.2, 0) is 14.5 Å². The Morgan fingerprint density at radius 1 is 0.529 bits per heavy atom. The molecule has 1 heterocycles. The minimum atomic E-state index is -1.57. The number of allylic oxidation sites excluding steroid dienone is 10. The maximum Gasteiger partial charge on any atom is 0.184 e. The number of hydrogen-bond acceptors (Lipinski definition) is 8. The van der Waals surface area contributed by atoms with Gasteiger partial charge in [0.2, 0.25) is 0 Å². The molecule has 21 atom stereocenters. The summed E-state index contributed by atoms with van der Waals surface area (Å²) in [4.78, 5) is 13.0. The van der Waals surface area contributed by atoms with Crippen LogP contribution in [0.5, 0.6) is 0 Å². The Balaban J connectivity index is 0.000000481. The molecule has 6 saturated carbocycles. The molecule has 5 N–H and O–H groups in total. The fraction of sp³-hybridized carbons (Fsp3) is 0.806. The van der Waals surface area contributed by atoms with Crippen LogP contribution in [0.3, 0.4) is 0 Å². The molecular weight excluding hydrogens is 873 g/mol. The second-order valence-electron chi connectivity index (χ2n) is 26.6. The summed E-state index contributed by atoms with van der Waals surface area (Å²) in [7, 11) is 0. The van der Waals surface area contributed by atoms with Gasteiger partial charge in [0, 0.05) is 0 Å². The highest BCUT2D eigenvalue weighted by molar-refractivity contribution is 5.40. The van der Waals surface area contributed by atoms with Gasteiger partial charge in [0.15, 0.2) is 6.29 Å². The zero-order valence-electron chi connectivity index (χ0n) is 45.7. The lowest BCUT2D eigenvalue weighted by Gasteiger charge is -2.55. The van der Waals surface area contributed by atoms with Gasteiger partial charge in [-0.3, -0.25) is 0 Å². The van der Waals surface area contributed by atoms with Crippen LogP contribution in [0, 0.1) is 92.7 Å². The molecule has 7 fully saturated rings. The first kappa shape index (κ1) is 54.4. The molecule has 8 heteroatoms. The van der Waals surface area contributed by atoms with E-state index in [-0.39, 0.29) is 23.0 Å². The van der Waals surface area contributed by atoms with Crippen LogP contribution in [0.25, 0.3) is 0 Å². The molecule has 8 aliphatic carbocycles. The molecule has 0 aromatic carbocycles. The normalized spacial score (nSPS) is 45.2. The zero-order chi connectivity index (χ0) is 50.7. The molecule has 8 nitrogen and oxygen atoms in total. The smallest absolute Gasteiger partial charge is 0.184 e. The highest BCUT2D eigenvalue weighted by Gasteiger charge is 2.59. The first-order valence-corrected chi connectivity index (χ1v) is 28.6. The predicted molar refractivity (Wildman–Crippen MR) is 281 cm³/mol. The first-order chi connectivity index (χ1) is 33.1. The standard InChI is InChI=1S/C56H86O2.C6H12O6/c1-35(2)37(5)13-15-39(7)47-21-23-49-45-19-17-41-33-43(25-29-53(41,9)51(45)27-31-55(47,49)11)57-58-44-26-30-54(10)42(34-44)18-20-46-50-24-22-48(56(50,12)32-28-52(46)54)40(8)16-14-38(6)36(3)4;7-1-2-3(8)4(9)5(10)6(11)12-2/h13-20,35-40,43-44,47-52H,21-34H2,1-12H3;2-11H,1H2/b15-13+,16-14+;/t37-,38-,39+,40+,43-,44-,47+,48+,49?,50?,51?,52?,53-,54-,55+,56+;2-,3-,4+,5-,6?/m01/s1. The van der Waals surface area contributed by atoms with E-state index in [1.807, 2.05) is 11.1 Å². The average molecular weight is 971 g/mol. The molecule has 0 radical (unpaired) electrons. The van der Waals surface area contributed by atoms with E-state index in [0.29, 0.717) is 58.2 Å². The lowest BCUT2D eigenvalue weighted by Crippen LogP contribution is -2.58. The van der Waals surface area contributed by atoms with Crippen molar-refractivity contribution in [3.8, 4) is 0 Å². The molecule has 0 amide bonds. The van der Waals surface area contributed by atoms with Crippen molar-refractivity contribution < 1.29 is 40.0 Å². The van der Waals surface area contributed by atoms with Crippen LogP contribution in [0.15, 0.2) is 70.9 Å². The van der Waals surface area contributed by atoms with Gasteiger partial charge < -0.3 is 30.3 Å². The van der Waals surface area contributed by atoms with Gasteiger partial charge in [-0.1, -0.05) is 154 Å². The Bertz CT molecular complexity index is 1880. The minimum absolute atomic E-state index is 0.178. The van der Waals surface area contributed by atoms with E-state index >= 15 is 0 Å². The van der Waals surface area contributed by atoms with E-state index in [4.69, 9.17) is 35.3 Å². The van der Waals surface area contributed by atoms with Gasteiger partial charge >= 0.3 is 0 Å². The van der Waals surface area contributed by atoms with Crippen LogP contribution in [0.2, 0.25) is 0 Å². The van der Waals surface area contributed by atoms with Gasteiger partial charge in [-0.15, -0.1) is 0 Å². The average Bonchev–Trinajstić information content (AvgIpc) is 3.89. The zero-order valence-corrected chi connectivity index (χ0v) is 45.7. The lowest BCUT2D eigenvalue weighted by molar-refractivity contribution is -0.357. The topological polar surface area (TPSA) is 129 Å². The summed E-state index contributed by atoms with van der Waals surface area (Å²) in [6.45, 7) is 29.3. The summed E-state index contributed by atoms with van der Waals surface area (Å²) in [6.07, 6.45) is 31.6. The summed E-state index contributed by atoms with van der Waals surface area (Å²) in [5.74, 6) is 8.58. The lowest BCUT2D eigenvalue weighted by atomic mass is 9.50. The summed E-state index contributed by atoms with van der Waals surface area (Å²) in [5, 5.41) is 44.7. The number of aliphatic hydroxyl groups is 5. The van der Waals surface area contributed by atoms with Crippen molar-refractivity contribution in [2.24, 2.45) is 92.7 Å². The number of fused-ring (bicyclic) bond motifs is 10. The van der Waals surface area contributed by atoms with E-state index < -0.39 is 37.3 Å². The van der Waals surface area contributed by atoms with Gasteiger partial charge in [-0.2, -0.15) is 0 Å². The third kappa shape index (κ3) is 10.0. The molecule has 0 aromatic heterocycles. The molecule has 70 heavy (non-hydrogen) atoms. The van der Waals surface area contributed by atoms with Crippen molar-refractivity contribution in [3.05, 3.63) is 70.9 Å². The fourth-order valence-electron chi connectivity index (χ4n) is 16.6.